The molecule has 0 bridgehead atoms. The molecule has 3 N–H and O–H groups in total. The molecule has 1 heterocycles. The van der Waals surface area contributed by atoms with Crippen LogP contribution in [0.2, 0.25) is 0 Å². The molecule has 0 saturated heterocycles. The quantitative estimate of drug-likeness (QED) is 0.729. The summed E-state index contributed by atoms with van der Waals surface area (Å²) in [4.78, 5) is 11.1. The van der Waals surface area contributed by atoms with E-state index in [1.165, 1.54) is 12.5 Å². The van der Waals surface area contributed by atoms with Gasteiger partial charge < -0.3 is 11.1 Å². The Morgan fingerprint density at radius 3 is 2.93 bits per heavy atom. The summed E-state index contributed by atoms with van der Waals surface area (Å²) in [6.07, 6.45) is 0.844. The normalized spacial score (nSPS) is 21.1. The van der Waals surface area contributed by atoms with Crippen LogP contribution in [0.3, 0.4) is 0 Å². The van der Waals surface area contributed by atoms with Gasteiger partial charge in [0.05, 0.1) is 12.1 Å². The van der Waals surface area contributed by atoms with Crippen molar-refractivity contribution in [1.82, 2.24) is 0 Å². The van der Waals surface area contributed by atoms with Crippen molar-refractivity contribution in [3.05, 3.63) is 29.8 Å². The Morgan fingerprint density at radius 2 is 2.29 bits per heavy atom. The lowest BCUT2D eigenvalue weighted by Crippen LogP contribution is -2.44. The van der Waals surface area contributed by atoms with Gasteiger partial charge in [-0.1, -0.05) is 18.2 Å². The fraction of sp³-hybridized carbons (Fsp3) is 0.364. The SMILES string of the molecule is CC(=O)C(N)[C@@H]1Cc2ccccc2N1. The van der Waals surface area contributed by atoms with Crippen molar-refractivity contribution in [2.24, 2.45) is 5.73 Å². The Labute approximate surface area is 83.3 Å². The number of carbonyl (C=O) groups is 1. The van der Waals surface area contributed by atoms with Crippen LogP contribution in [-0.4, -0.2) is 17.9 Å². The molecule has 1 unspecified atom stereocenters. The second kappa shape index (κ2) is 3.42. The third-order valence-electron chi connectivity index (χ3n) is 2.70. The standard InChI is InChI=1S/C11H14N2O/c1-7(14)11(12)10-6-8-4-2-3-5-9(8)13-10/h2-5,10-11,13H,6,12H2,1H3/t10-,11?/m0/s1. The van der Waals surface area contributed by atoms with Gasteiger partial charge in [-0.2, -0.15) is 0 Å². The summed E-state index contributed by atoms with van der Waals surface area (Å²) in [5.41, 5.74) is 8.14. The minimum Gasteiger partial charge on any atom is -0.380 e. The molecule has 0 amide bonds. The smallest absolute Gasteiger partial charge is 0.148 e. The lowest BCUT2D eigenvalue weighted by Gasteiger charge is -2.16. The number of ketones is 1. The van der Waals surface area contributed by atoms with E-state index in [9.17, 15) is 4.79 Å². The van der Waals surface area contributed by atoms with E-state index in [0.717, 1.165) is 12.1 Å². The Kier molecular flexibility index (Phi) is 2.25. The first-order valence-electron chi connectivity index (χ1n) is 4.79. The highest BCUT2D eigenvalue weighted by Gasteiger charge is 2.27. The summed E-state index contributed by atoms with van der Waals surface area (Å²) in [5, 5.41) is 3.27. The Morgan fingerprint density at radius 1 is 1.57 bits per heavy atom. The number of carbonyl (C=O) groups excluding carboxylic acids is 1. The van der Waals surface area contributed by atoms with Crippen molar-refractivity contribution < 1.29 is 4.79 Å². The van der Waals surface area contributed by atoms with Crippen LogP contribution in [0.5, 0.6) is 0 Å². The molecule has 2 atom stereocenters. The average Bonchev–Trinajstić information content (AvgIpc) is 2.59. The molecule has 0 aromatic heterocycles. The monoisotopic (exact) mass is 190 g/mol. The first-order valence-corrected chi connectivity index (χ1v) is 4.79. The van der Waals surface area contributed by atoms with Gasteiger partial charge in [-0.05, 0) is 25.0 Å². The number of fused-ring (bicyclic) bond motifs is 1. The van der Waals surface area contributed by atoms with Crippen LogP contribution in [-0.2, 0) is 11.2 Å². The zero-order valence-electron chi connectivity index (χ0n) is 8.16. The molecule has 1 aromatic carbocycles. The molecule has 0 fully saturated rings. The highest BCUT2D eigenvalue weighted by molar-refractivity contribution is 5.83. The van der Waals surface area contributed by atoms with E-state index in [0.29, 0.717) is 0 Å². The van der Waals surface area contributed by atoms with Crippen LogP contribution in [0.4, 0.5) is 5.69 Å². The fourth-order valence-electron chi connectivity index (χ4n) is 1.83. The van der Waals surface area contributed by atoms with E-state index < -0.39 is 6.04 Å². The fourth-order valence-corrected chi connectivity index (χ4v) is 1.83. The van der Waals surface area contributed by atoms with Gasteiger partial charge in [0, 0.05) is 5.69 Å². The molecule has 0 spiro atoms. The molecule has 2 rings (SSSR count). The maximum atomic E-state index is 11.1. The number of rotatable bonds is 2. The molecular formula is C11H14N2O. The van der Waals surface area contributed by atoms with Gasteiger partial charge in [-0.3, -0.25) is 4.79 Å². The second-order valence-corrected chi connectivity index (χ2v) is 3.75. The van der Waals surface area contributed by atoms with Gasteiger partial charge in [0.25, 0.3) is 0 Å². The van der Waals surface area contributed by atoms with Gasteiger partial charge in [0.1, 0.15) is 5.78 Å². The molecule has 1 aromatic rings. The van der Waals surface area contributed by atoms with Crippen LogP contribution >= 0.6 is 0 Å². The first-order chi connectivity index (χ1) is 6.68. The summed E-state index contributed by atoms with van der Waals surface area (Å²) in [7, 11) is 0. The molecule has 14 heavy (non-hydrogen) atoms. The maximum Gasteiger partial charge on any atom is 0.148 e. The number of benzene rings is 1. The van der Waals surface area contributed by atoms with E-state index >= 15 is 0 Å². The van der Waals surface area contributed by atoms with E-state index in [1.807, 2.05) is 18.2 Å². The Balaban J connectivity index is 2.15. The van der Waals surface area contributed by atoms with Crippen LogP contribution in [0.25, 0.3) is 0 Å². The molecule has 0 aliphatic carbocycles. The number of hydrogen-bond donors (Lipinski definition) is 2. The van der Waals surface area contributed by atoms with Crippen LogP contribution in [0.15, 0.2) is 24.3 Å². The topological polar surface area (TPSA) is 55.1 Å². The van der Waals surface area contributed by atoms with E-state index in [1.54, 1.807) is 0 Å². The maximum absolute atomic E-state index is 11.1. The van der Waals surface area contributed by atoms with Gasteiger partial charge >= 0.3 is 0 Å². The van der Waals surface area contributed by atoms with Gasteiger partial charge in [0.2, 0.25) is 0 Å². The van der Waals surface area contributed by atoms with Crippen molar-refractivity contribution in [2.45, 2.75) is 25.4 Å². The van der Waals surface area contributed by atoms with Crippen molar-refractivity contribution in [2.75, 3.05) is 5.32 Å². The predicted molar refractivity (Wildman–Crippen MR) is 56.2 cm³/mol. The summed E-state index contributed by atoms with van der Waals surface area (Å²) < 4.78 is 0. The molecule has 0 saturated carbocycles. The number of Topliss-reactive ketones (excluding diaryl/α,β-unsaturated/α-hetero) is 1. The zero-order valence-corrected chi connectivity index (χ0v) is 8.16. The van der Waals surface area contributed by atoms with Gasteiger partial charge in [-0.15, -0.1) is 0 Å². The minimum absolute atomic E-state index is 0.0373. The van der Waals surface area contributed by atoms with Gasteiger partial charge in [-0.25, -0.2) is 0 Å². The number of anilines is 1. The summed E-state index contributed by atoms with van der Waals surface area (Å²) in [6, 6.07) is 7.72. The largest absolute Gasteiger partial charge is 0.380 e. The number of nitrogens with one attached hydrogen (secondary N) is 1. The number of nitrogens with two attached hydrogens (primary N) is 1. The molecule has 1 aliphatic rings. The van der Waals surface area contributed by atoms with E-state index in [4.69, 9.17) is 5.73 Å². The predicted octanol–water partition coefficient (Wildman–Crippen LogP) is 0.939. The van der Waals surface area contributed by atoms with Crippen molar-refractivity contribution >= 4 is 11.5 Å². The molecule has 0 radical (unpaired) electrons. The molecule has 74 valence electrons. The number of hydrogen-bond acceptors (Lipinski definition) is 3. The number of para-hydroxylation sites is 1. The second-order valence-electron chi connectivity index (χ2n) is 3.75. The lowest BCUT2D eigenvalue weighted by molar-refractivity contribution is -0.118. The average molecular weight is 190 g/mol. The van der Waals surface area contributed by atoms with Crippen molar-refractivity contribution in [3.63, 3.8) is 0 Å². The van der Waals surface area contributed by atoms with E-state index in [-0.39, 0.29) is 11.8 Å². The highest BCUT2D eigenvalue weighted by Crippen LogP contribution is 2.26. The zero-order chi connectivity index (χ0) is 10.1. The minimum atomic E-state index is -0.401. The van der Waals surface area contributed by atoms with Gasteiger partial charge in [0.15, 0.2) is 0 Å². The lowest BCUT2D eigenvalue weighted by atomic mass is 10.0. The van der Waals surface area contributed by atoms with Crippen LogP contribution in [0.1, 0.15) is 12.5 Å². The van der Waals surface area contributed by atoms with Crippen molar-refractivity contribution in [1.29, 1.82) is 0 Å². The first kappa shape index (κ1) is 9.21. The van der Waals surface area contributed by atoms with Crippen LogP contribution < -0.4 is 11.1 Å². The van der Waals surface area contributed by atoms with E-state index in [2.05, 4.69) is 11.4 Å². The Bertz CT molecular complexity index is 337. The van der Waals surface area contributed by atoms with Crippen molar-refractivity contribution in [3.8, 4) is 0 Å². The molecule has 1 aliphatic heterocycles. The Hall–Kier alpha value is -1.35. The summed E-state index contributed by atoms with van der Waals surface area (Å²) in [6.45, 7) is 1.54. The third kappa shape index (κ3) is 1.51. The third-order valence-corrected chi connectivity index (χ3v) is 2.70. The molecule has 3 nitrogen and oxygen atoms in total. The van der Waals surface area contributed by atoms with Crippen LogP contribution in [0, 0.1) is 0 Å². The molecular weight excluding hydrogens is 176 g/mol. The molecule has 3 heteroatoms. The highest BCUT2D eigenvalue weighted by atomic mass is 16.1. The summed E-state index contributed by atoms with van der Waals surface area (Å²) >= 11 is 0. The summed E-state index contributed by atoms with van der Waals surface area (Å²) in [5.74, 6) is 0.0373.